The van der Waals surface area contributed by atoms with Crippen LogP contribution >= 0.6 is 0 Å². The van der Waals surface area contributed by atoms with Crippen LogP contribution in [0.5, 0.6) is 0 Å². The van der Waals surface area contributed by atoms with Crippen molar-refractivity contribution in [1.29, 1.82) is 0 Å². The molecule has 0 N–H and O–H groups in total. The van der Waals surface area contributed by atoms with Crippen molar-refractivity contribution in [2.75, 3.05) is 0 Å². The summed E-state index contributed by atoms with van der Waals surface area (Å²) in [4.78, 5) is 18.7. The second kappa shape index (κ2) is 7.74. The normalized spacial score (nSPS) is 17.6. The molecule has 1 fully saturated rings. The van der Waals surface area contributed by atoms with Crippen molar-refractivity contribution in [2.24, 2.45) is 11.1 Å². The van der Waals surface area contributed by atoms with Gasteiger partial charge in [-0.25, -0.2) is 4.39 Å². The molecule has 0 saturated heterocycles. The van der Waals surface area contributed by atoms with E-state index in [1.807, 2.05) is 45.0 Å². The number of benzene rings is 2. The van der Waals surface area contributed by atoms with Crippen molar-refractivity contribution in [3.8, 4) is 11.1 Å². The van der Waals surface area contributed by atoms with Crippen molar-refractivity contribution < 1.29 is 14.0 Å². The Kier molecular flexibility index (Phi) is 5.28. The Morgan fingerprint density at radius 2 is 1.86 bits per heavy atom. The lowest BCUT2D eigenvalue weighted by Gasteiger charge is -2.19. The molecule has 0 atom stereocenters. The van der Waals surface area contributed by atoms with Crippen molar-refractivity contribution in [2.45, 2.75) is 64.9 Å². The van der Waals surface area contributed by atoms with Gasteiger partial charge < -0.3 is 4.84 Å². The molecule has 1 aliphatic carbocycles. The van der Waals surface area contributed by atoms with E-state index in [2.05, 4.69) is 5.16 Å². The Morgan fingerprint density at radius 3 is 2.55 bits per heavy atom. The molecule has 0 amide bonds. The van der Waals surface area contributed by atoms with E-state index in [-0.39, 0.29) is 23.1 Å². The summed E-state index contributed by atoms with van der Waals surface area (Å²) in [6.07, 6.45) is 5.58. The van der Waals surface area contributed by atoms with Crippen LogP contribution < -0.4 is 0 Å². The standard InChI is InChI=1S/C25H28FNO2/c1-16(2)10-24(28)20-13-18(21-7-6-17(3)11-22(21)26)12-19(14-20)23-15-25(29-27-23)8-4-5-9-25/h6-7,11-14,16H,4-5,8-10,15H2,1-3H3. The molecule has 2 aliphatic rings. The minimum absolute atomic E-state index is 0.0747. The van der Waals surface area contributed by atoms with Gasteiger partial charge in [0.1, 0.15) is 11.4 Å². The molecular formula is C25H28FNO2. The highest BCUT2D eigenvalue weighted by atomic mass is 19.1. The van der Waals surface area contributed by atoms with Crippen molar-refractivity contribution in [3.63, 3.8) is 0 Å². The Bertz CT molecular complexity index is 971. The van der Waals surface area contributed by atoms with Crippen molar-refractivity contribution in [3.05, 3.63) is 58.9 Å². The molecule has 29 heavy (non-hydrogen) atoms. The summed E-state index contributed by atoms with van der Waals surface area (Å²) >= 11 is 0. The van der Waals surface area contributed by atoms with E-state index in [0.29, 0.717) is 23.1 Å². The van der Waals surface area contributed by atoms with Crippen molar-refractivity contribution >= 4 is 11.5 Å². The summed E-state index contributed by atoms with van der Waals surface area (Å²) < 4.78 is 14.7. The fourth-order valence-corrected chi connectivity index (χ4v) is 4.42. The topological polar surface area (TPSA) is 38.7 Å². The molecule has 3 nitrogen and oxygen atoms in total. The van der Waals surface area contributed by atoms with Crippen LogP contribution in [0.25, 0.3) is 11.1 Å². The molecule has 0 radical (unpaired) electrons. The molecule has 2 aromatic carbocycles. The average Bonchev–Trinajstić information content (AvgIpc) is 3.31. The summed E-state index contributed by atoms with van der Waals surface area (Å²) in [5.41, 5.74) is 4.24. The number of aryl methyl sites for hydroxylation is 1. The maximum Gasteiger partial charge on any atom is 0.163 e. The van der Waals surface area contributed by atoms with Gasteiger partial charge in [0.15, 0.2) is 5.78 Å². The number of rotatable bonds is 5. The summed E-state index contributed by atoms with van der Waals surface area (Å²) in [5.74, 6) is 0.0617. The van der Waals surface area contributed by atoms with Crippen LogP contribution in [-0.4, -0.2) is 17.1 Å². The molecule has 0 aromatic heterocycles. The number of halogens is 1. The van der Waals surface area contributed by atoms with E-state index in [1.54, 1.807) is 6.07 Å². The summed E-state index contributed by atoms with van der Waals surface area (Å²) in [5, 5.41) is 4.39. The molecule has 1 aliphatic heterocycles. The zero-order chi connectivity index (χ0) is 20.6. The maximum atomic E-state index is 14.7. The molecule has 0 unspecified atom stereocenters. The molecule has 152 valence electrons. The molecule has 1 heterocycles. The molecule has 4 heteroatoms. The fourth-order valence-electron chi connectivity index (χ4n) is 4.42. The summed E-state index contributed by atoms with van der Waals surface area (Å²) in [6, 6.07) is 10.9. The number of carbonyl (C=O) groups is 1. The number of Topliss-reactive ketones (excluding diaryl/α,β-unsaturated/α-hetero) is 1. The van der Waals surface area contributed by atoms with Crippen LogP contribution in [-0.2, 0) is 4.84 Å². The Hall–Kier alpha value is -2.49. The summed E-state index contributed by atoms with van der Waals surface area (Å²) in [6.45, 7) is 5.93. The highest BCUT2D eigenvalue weighted by Crippen LogP contribution is 2.41. The molecule has 2 aromatic rings. The Labute approximate surface area is 172 Å². The molecule has 1 saturated carbocycles. The lowest BCUT2D eigenvalue weighted by molar-refractivity contribution is -0.0126. The van der Waals surface area contributed by atoms with E-state index in [1.165, 1.54) is 6.07 Å². The average molecular weight is 394 g/mol. The Balaban J connectivity index is 1.75. The van der Waals surface area contributed by atoms with E-state index >= 15 is 0 Å². The minimum atomic E-state index is -0.277. The first kappa shape index (κ1) is 19.8. The zero-order valence-corrected chi connectivity index (χ0v) is 17.4. The third-order valence-corrected chi connectivity index (χ3v) is 5.97. The van der Waals surface area contributed by atoms with E-state index in [0.717, 1.165) is 48.9 Å². The lowest BCUT2D eigenvalue weighted by Crippen LogP contribution is -2.24. The van der Waals surface area contributed by atoms with Gasteiger partial charge in [0.2, 0.25) is 0 Å². The smallest absolute Gasteiger partial charge is 0.163 e. The fraction of sp³-hybridized carbons (Fsp3) is 0.440. The predicted octanol–water partition coefficient (Wildman–Crippen LogP) is 6.47. The van der Waals surface area contributed by atoms with E-state index < -0.39 is 0 Å². The molecule has 4 rings (SSSR count). The zero-order valence-electron chi connectivity index (χ0n) is 17.4. The predicted molar refractivity (Wildman–Crippen MR) is 114 cm³/mol. The van der Waals surface area contributed by atoms with Crippen LogP contribution in [0.15, 0.2) is 41.6 Å². The van der Waals surface area contributed by atoms with E-state index in [9.17, 15) is 9.18 Å². The number of carbonyl (C=O) groups excluding carboxylic acids is 1. The van der Waals surface area contributed by atoms with Crippen molar-refractivity contribution in [1.82, 2.24) is 0 Å². The van der Waals surface area contributed by atoms with Gasteiger partial charge in [0, 0.05) is 29.5 Å². The number of oxime groups is 1. The third kappa shape index (κ3) is 4.12. The van der Waals surface area contributed by atoms with Crippen LogP contribution in [0.4, 0.5) is 4.39 Å². The first-order valence-electron chi connectivity index (χ1n) is 10.6. The van der Waals surface area contributed by atoms with Crippen LogP contribution in [0.2, 0.25) is 0 Å². The number of ketones is 1. The second-order valence-electron chi connectivity index (χ2n) is 9.00. The van der Waals surface area contributed by atoms with Crippen LogP contribution in [0, 0.1) is 18.7 Å². The second-order valence-corrected chi connectivity index (χ2v) is 9.00. The van der Waals surface area contributed by atoms with Gasteiger partial charge in [-0.2, -0.15) is 0 Å². The minimum Gasteiger partial charge on any atom is -0.389 e. The SMILES string of the molecule is Cc1ccc(-c2cc(C(=O)CC(C)C)cc(C3=NOC4(CCCC4)C3)c2)c(F)c1. The first-order chi connectivity index (χ1) is 13.8. The largest absolute Gasteiger partial charge is 0.389 e. The number of nitrogens with zero attached hydrogens (tertiary/aromatic N) is 1. The Morgan fingerprint density at radius 1 is 1.14 bits per heavy atom. The molecular weight excluding hydrogens is 365 g/mol. The van der Waals surface area contributed by atoms with Crippen LogP contribution in [0.3, 0.4) is 0 Å². The van der Waals surface area contributed by atoms with Gasteiger partial charge in [0.25, 0.3) is 0 Å². The maximum absolute atomic E-state index is 14.7. The van der Waals surface area contributed by atoms with E-state index in [4.69, 9.17) is 4.84 Å². The lowest BCUT2D eigenvalue weighted by atomic mass is 9.89. The number of hydrogen-bond donors (Lipinski definition) is 0. The van der Waals surface area contributed by atoms with Gasteiger partial charge in [0.05, 0.1) is 5.71 Å². The molecule has 0 bridgehead atoms. The monoisotopic (exact) mass is 393 g/mol. The first-order valence-corrected chi connectivity index (χ1v) is 10.6. The highest BCUT2D eigenvalue weighted by molar-refractivity contribution is 6.06. The molecule has 1 spiro atoms. The van der Waals surface area contributed by atoms with Gasteiger partial charge in [-0.05, 0) is 73.9 Å². The van der Waals surface area contributed by atoms with Gasteiger partial charge in [-0.1, -0.05) is 31.1 Å². The quantitative estimate of drug-likeness (QED) is 0.546. The van der Waals surface area contributed by atoms with Crippen LogP contribution in [0.1, 0.15) is 73.9 Å². The number of hydrogen-bond acceptors (Lipinski definition) is 3. The highest BCUT2D eigenvalue weighted by Gasteiger charge is 2.42. The van der Waals surface area contributed by atoms with Gasteiger partial charge in [-0.3, -0.25) is 4.79 Å². The van der Waals surface area contributed by atoms with Gasteiger partial charge in [-0.15, -0.1) is 0 Å². The van der Waals surface area contributed by atoms with Gasteiger partial charge >= 0.3 is 0 Å². The third-order valence-electron chi connectivity index (χ3n) is 5.97. The summed E-state index contributed by atoms with van der Waals surface area (Å²) in [7, 11) is 0.